The van der Waals surface area contributed by atoms with Crippen molar-refractivity contribution in [1.29, 1.82) is 0 Å². The molecule has 4 N–H and O–H groups in total. The van der Waals surface area contributed by atoms with Gasteiger partial charge >= 0.3 is 18.2 Å². The number of nitrogens with zero attached hydrogens (tertiary/aromatic N) is 1. The first-order chi connectivity index (χ1) is 21.8. The molecule has 0 saturated carbocycles. The molecule has 14 heteroatoms. The van der Waals surface area contributed by atoms with E-state index in [-0.39, 0.29) is 13.0 Å². The van der Waals surface area contributed by atoms with Crippen LogP contribution in [0.5, 0.6) is 5.75 Å². The number of aliphatic carboxylic acids is 1. The number of nitrogens with one attached hydrogen (secondary N) is 3. The Morgan fingerprint density at radius 3 is 2.11 bits per heavy atom. The molecule has 0 aliphatic carbocycles. The van der Waals surface area contributed by atoms with E-state index in [9.17, 15) is 32.3 Å². The van der Waals surface area contributed by atoms with Gasteiger partial charge in [-0.25, -0.2) is 9.59 Å². The third-order valence-corrected chi connectivity index (χ3v) is 6.91. The number of imide groups is 2. The number of carbonyl (C=O) groups excluding carboxylic acids is 4. The minimum atomic E-state index is -5.08. The molecule has 4 aromatic rings. The van der Waals surface area contributed by atoms with Gasteiger partial charge in [0.15, 0.2) is 0 Å². The summed E-state index contributed by atoms with van der Waals surface area (Å²) in [4.78, 5) is 63.8. The maximum atomic E-state index is 12.9. The minimum Gasteiger partial charge on any atom is -0.489 e. The number of carboxylic acid groups (broad SMARTS) is 1. The van der Waals surface area contributed by atoms with E-state index in [0.717, 1.165) is 22.2 Å². The van der Waals surface area contributed by atoms with Gasteiger partial charge in [-0.3, -0.25) is 30.0 Å². The van der Waals surface area contributed by atoms with Gasteiger partial charge < -0.3 is 15.2 Å². The summed E-state index contributed by atoms with van der Waals surface area (Å²) in [6.45, 7) is 1.98. The molecule has 238 valence electrons. The number of carboxylic acids is 1. The van der Waals surface area contributed by atoms with Gasteiger partial charge in [-0.05, 0) is 55.3 Å². The van der Waals surface area contributed by atoms with Gasteiger partial charge in [0.1, 0.15) is 17.8 Å². The largest absolute Gasteiger partial charge is 0.490 e. The van der Waals surface area contributed by atoms with E-state index in [1.54, 1.807) is 48.5 Å². The number of alkyl halides is 3. The average Bonchev–Trinajstić information content (AvgIpc) is 3.01. The van der Waals surface area contributed by atoms with E-state index < -0.39 is 41.3 Å². The second kappa shape index (κ2) is 13.9. The number of aryl methyl sites for hydroxylation is 1. The van der Waals surface area contributed by atoms with E-state index in [2.05, 4.69) is 20.9 Å². The fourth-order valence-electron chi connectivity index (χ4n) is 4.62. The summed E-state index contributed by atoms with van der Waals surface area (Å²) in [5.74, 6) is -4.17. The van der Waals surface area contributed by atoms with Crippen LogP contribution in [-0.4, -0.2) is 52.5 Å². The molecule has 0 radical (unpaired) electrons. The summed E-state index contributed by atoms with van der Waals surface area (Å²) in [7, 11) is 0. The summed E-state index contributed by atoms with van der Waals surface area (Å²) in [5, 5.41) is 15.1. The first-order valence-electron chi connectivity index (χ1n) is 13.7. The molecule has 1 fully saturated rings. The molecule has 5 rings (SSSR count). The molecular weight excluding hydrogens is 609 g/mol. The Kier molecular flexibility index (Phi) is 9.99. The van der Waals surface area contributed by atoms with Crippen LogP contribution >= 0.6 is 0 Å². The van der Waals surface area contributed by atoms with Gasteiger partial charge in [0.05, 0.1) is 5.52 Å². The Bertz CT molecular complexity index is 1760. The summed E-state index contributed by atoms with van der Waals surface area (Å²) in [5.41, 5.74) is 2.16. The van der Waals surface area contributed by atoms with Gasteiger partial charge in [-0.15, -0.1) is 0 Å². The summed E-state index contributed by atoms with van der Waals surface area (Å²) >= 11 is 0. The Hall–Kier alpha value is -5.79. The van der Waals surface area contributed by atoms with E-state index in [1.165, 1.54) is 0 Å². The van der Waals surface area contributed by atoms with Crippen molar-refractivity contribution in [2.75, 3.05) is 6.54 Å². The highest BCUT2D eigenvalue weighted by Gasteiger charge is 2.50. The molecule has 2 heterocycles. The zero-order valence-electron chi connectivity index (χ0n) is 24.2. The van der Waals surface area contributed by atoms with Crippen LogP contribution < -0.4 is 20.7 Å². The first kappa shape index (κ1) is 33.1. The van der Waals surface area contributed by atoms with E-state index >= 15 is 0 Å². The molecule has 0 bridgehead atoms. The van der Waals surface area contributed by atoms with Crippen molar-refractivity contribution in [3.8, 4) is 5.75 Å². The molecule has 0 atom stereocenters. The number of ether oxygens (including phenoxy) is 1. The van der Waals surface area contributed by atoms with E-state index in [4.69, 9.17) is 14.6 Å². The predicted molar refractivity (Wildman–Crippen MR) is 158 cm³/mol. The second-order valence-electron chi connectivity index (χ2n) is 10.2. The quantitative estimate of drug-likeness (QED) is 0.210. The van der Waals surface area contributed by atoms with Gasteiger partial charge in [-0.2, -0.15) is 13.2 Å². The highest BCUT2D eigenvalue weighted by molar-refractivity contribution is 6.19. The van der Waals surface area contributed by atoms with Gasteiger partial charge in [0, 0.05) is 28.8 Å². The lowest BCUT2D eigenvalue weighted by Crippen LogP contribution is -2.66. The van der Waals surface area contributed by atoms with E-state index in [0.29, 0.717) is 23.5 Å². The summed E-state index contributed by atoms with van der Waals surface area (Å²) < 4.78 is 37.7. The monoisotopic (exact) mass is 636 g/mol. The fraction of sp³-hybridized carbons (Fsp3) is 0.188. The van der Waals surface area contributed by atoms with Crippen LogP contribution in [0, 0.1) is 12.3 Å². The van der Waals surface area contributed by atoms with Crippen molar-refractivity contribution < 1.29 is 47.0 Å². The highest BCUT2D eigenvalue weighted by Crippen LogP contribution is 2.26. The number of benzene rings is 3. The predicted octanol–water partition coefficient (Wildman–Crippen LogP) is 4.08. The molecule has 0 spiro atoms. The number of para-hydroxylation sites is 1. The fourth-order valence-corrected chi connectivity index (χ4v) is 4.62. The number of fused-ring (bicyclic) bond motifs is 1. The maximum absolute atomic E-state index is 12.9. The third kappa shape index (κ3) is 8.02. The van der Waals surface area contributed by atoms with Crippen LogP contribution in [0.3, 0.4) is 0 Å². The average molecular weight is 637 g/mol. The number of rotatable bonds is 8. The minimum absolute atomic E-state index is 0.00894. The number of urea groups is 1. The second-order valence-corrected chi connectivity index (χ2v) is 10.2. The number of halogens is 3. The molecule has 46 heavy (non-hydrogen) atoms. The first-order valence-corrected chi connectivity index (χ1v) is 13.7. The highest BCUT2D eigenvalue weighted by atomic mass is 19.4. The molecule has 11 nitrogen and oxygen atoms in total. The Labute approximate surface area is 259 Å². The van der Waals surface area contributed by atoms with Gasteiger partial charge in [0.2, 0.25) is 11.8 Å². The lowest BCUT2D eigenvalue weighted by atomic mass is 9.78. The molecule has 0 unspecified atom stereocenters. The summed E-state index contributed by atoms with van der Waals surface area (Å²) in [6, 6.07) is 24.5. The van der Waals surface area contributed by atoms with Gasteiger partial charge in [-0.1, -0.05) is 48.5 Å². The van der Waals surface area contributed by atoms with Crippen molar-refractivity contribution in [3.05, 3.63) is 107 Å². The van der Waals surface area contributed by atoms with Crippen molar-refractivity contribution in [2.45, 2.75) is 26.1 Å². The van der Waals surface area contributed by atoms with Crippen LogP contribution in [0.2, 0.25) is 0 Å². The van der Waals surface area contributed by atoms with Crippen LogP contribution in [0.4, 0.5) is 18.0 Å². The number of aromatic nitrogens is 1. The SMILES string of the molecule is Cc1cc(COc2ccc(C(=O)NCC3(Cc4ccccc4)C(=O)NC(=O)NC3=O)cc2)c2ccccc2n1.O=C(O)C(F)(F)F. The number of hydrogen-bond acceptors (Lipinski definition) is 7. The number of hydrogen-bond donors (Lipinski definition) is 4. The Balaban J connectivity index is 0.000000617. The Morgan fingerprint density at radius 2 is 1.50 bits per heavy atom. The van der Waals surface area contributed by atoms with Crippen LogP contribution in [0.1, 0.15) is 27.2 Å². The zero-order valence-corrected chi connectivity index (χ0v) is 24.2. The molecule has 3 aromatic carbocycles. The Morgan fingerprint density at radius 1 is 0.913 bits per heavy atom. The summed E-state index contributed by atoms with van der Waals surface area (Å²) in [6.07, 6.45) is -5.07. The van der Waals surface area contributed by atoms with Crippen molar-refractivity contribution >= 4 is 40.6 Å². The molecular formula is C32H27F3N4O7. The van der Waals surface area contributed by atoms with Crippen molar-refractivity contribution in [1.82, 2.24) is 20.9 Å². The number of pyridine rings is 1. The maximum Gasteiger partial charge on any atom is 0.490 e. The van der Waals surface area contributed by atoms with Crippen LogP contribution in [0.15, 0.2) is 84.9 Å². The molecule has 5 amide bonds. The smallest absolute Gasteiger partial charge is 0.489 e. The lowest BCUT2D eigenvalue weighted by molar-refractivity contribution is -0.192. The van der Waals surface area contributed by atoms with Crippen LogP contribution in [0.25, 0.3) is 10.9 Å². The number of barbiturate groups is 1. The lowest BCUT2D eigenvalue weighted by Gasteiger charge is -2.34. The van der Waals surface area contributed by atoms with Crippen LogP contribution in [-0.2, 0) is 27.4 Å². The number of carbonyl (C=O) groups is 5. The molecule has 1 aromatic heterocycles. The number of amides is 5. The zero-order chi connectivity index (χ0) is 33.5. The third-order valence-electron chi connectivity index (χ3n) is 6.91. The molecule has 1 aliphatic rings. The van der Waals surface area contributed by atoms with Crippen molar-refractivity contribution in [2.24, 2.45) is 5.41 Å². The molecule has 1 saturated heterocycles. The van der Waals surface area contributed by atoms with Crippen molar-refractivity contribution in [3.63, 3.8) is 0 Å². The van der Waals surface area contributed by atoms with E-state index in [1.807, 2.05) is 43.3 Å². The standard InChI is InChI=1S/C30H26N4O5.C2HF3O2/c1-19-15-22(24-9-5-6-10-25(24)32-19)17-39-23-13-11-21(12-14-23)26(35)31-18-30(16-20-7-3-2-4-8-20)27(36)33-29(38)34-28(30)37;3-2(4,5)1(6)7/h2-15H,16-18H2,1H3,(H,31,35)(H2,33,34,36,37,38);(H,6,7). The van der Waals surface area contributed by atoms with Gasteiger partial charge in [0.25, 0.3) is 5.91 Å². The normalized spacial score (nSPS) is 14.0. The topological polar surface area (TPSA) is 164 Å². The molecule has 1 aliphatic heterocycles.